The minimum absolute atomic E-state index is 0.113. The van der Waals surface area contributed by atoms with Crippen molar-refractivity contribution in [1.82, 2.24) is 4.98 Å². The van der Waals surface area contributed by atoms with Gasteiger partial charge in [0.05, 0.1) is 11.3 Å². The molecule has 1 aromatic heterocycles. The van der Waals surface area contributed by atoms with Crippen LogP contribution < -0.4 is 4.90 Å². The Balaban J connectivity index is 2.21. The number of Topliss-reactive ketones (excluding diaryl/α,β-unsaturated/α-hetero) is 1. The molecule has 5 nitrogen and oxygen atoms in total. The molecule has 0 aliphatic carbocycles. The van der Waals surface area contributed by atoms with Crippen molar-refractivity contribution in [1.29, 1.82) is 0 Å². The Bertz CT molecular complexity index is 856. The molecule has 1 aliphatic rings. The third kappa shape index (κ3) is 2.82. The van der Waals surface area contributed by atoms with Gasteiger partial charge in [-0.15, -0.1) is 0 Å². The number of para-hydroxylation sites is 1. The first-order valence-electron chi connectivity index (χ1n) is 8.21. The van der Waals surface area contributed by atoms with Gasteiger partial charge in [-0.2, -0.15) is 0 Å². The van der Waals surface area contributed by atoms with E-state index in [4.69, 9.17) is 0 Å². The molecular formula is C20H20N2O3. The molecule has 1 unspecified atom stereocenters. The van der Waals surface area contributed by atoms with Crippen LogP contribution in [0.3, 0.4) is 0 Å². The molecule has 3 rings (SSSR count). The number of amides is 1. The lowest BCUT2D eigenvalue weighted by molar-refractivity contribution is -0.119. The van der Waals surface area contributed by atoms with E-state index >= 15 is 0 Å². The van der Waals surface area contributed by atoms with Gasteiger partial charge in [0, 0.05) is 17.8 Å². The third-order valence-electron chi connectivity index (χ3n) is 4.34. The average molecular weight is 336 g/mol. The van der Waals surface area contributed by atoms with Crippen LogP contribution in [0.15, 0.2) is 60.0 Å². The molecule has 2 aromatic rings. The van der Waals surface area contributed by atoms with E-state index in [0.717, 1.165) is 5.56 Å². The summed E-state index contributed by atoms with van der Waals surface area (Å²) in [5, 5.41) is 10.5. The molecule has 0 saturated heterocycles. The fourth-order valence-corrected chi connectivity index (χ4v) is 3.07. The number of aliphatic hydroxyl groups is 1. The van der Waals surface area contributed by atoms with Gasteiger partial charge in [-0.05, 0) is 30.7 Å². The highest BCUT2D eigenvalue weighted by molar-refractivity contribution is 6.17. The normalized spacial score (nSPS) is 17.5. The second-order valence-electron chi connectivity index (χ2n) is 6.40. The van der Waals surface area contributed by atoms with Gasteiger partial charge in [-0.1, -0.05) is 38.1 Å². The standard InChI is InChI=1S/C20H20N2O3/c1-12(2)18(23)16-17(14-9-6-7-11-21-14)22(20(25)19(16)24)15-10-5-4-8-13(15)3/h4-12,17,24H,1-3H3. The summed E-state index contributed by atoms with van der Waals surface area (Å²) in [6, 6.07) is 12.0. The molecule has 0 saturated carbocycles. The lowest BCUT2D eigenvalue weighted by Crippen LogP contribution is -2.32. The van der Waals surface area contributed by atoms with Crippen LogP contribution in [0.1, 0.15) is 31.1 Å². The van der Waals surface area contributed by atoms with Crippen LogP contribution in [0.25, 0.3) is 0 Å². The van der Waals surface area contributed by atoms with Crippen LogP contribution in [0, 0.1) is 12.8 Å². The molecule has 0 fully saturated rings. The van der Waals surface area contributed by atoms with Gasteiger partial charge in [0.25, 0.3) is 5.91 Å². The predicted octanol–water partition coefficient (Wildman–Crippen LogP) is 3.52. The minimum Gasteiger partial charge on any atom is -0.503 e. The molecular weight excluding hydrogens is 316 g/mol. The topological polar surface area (TPSA) is 70.5 Å². The molecule has 0 radical (unpaired) electrons. The fraction of sp³-hybridized carbons (Fsp3) is 0.250. The van der Waals surface area contributed by atoms with E-state index in [0.29, 0.717) is 11.4 Å². The van der Waals surface area contributed by atoms with Crippen LogP contribution in [-0.4, -0.2) is 21.8 Å². The van der Waals surface area contributed by atoms with Crippen LogP contribution in [0.4, 0.5) is 5.69 Å². The molecule has 0 bridgehead atoms. The van der Waals surface area contributed by atoms with Crippen molar-refractivity contribution in [3.63, 3.8) is 0 Å². The summed E-state index contributed by atoms with van der Waals surface area (Å²) in [7, 11) is 0. The first-order chi connectivity index (χ1) is 11.9. The summed E-state index contributed by atoms with van der Waals surface area (Å²) in [5.74, 6) is -1.66. The molecule has 1 aliphatic heterocycles. The van der Waals surface area contributed by atoms with Gasteiger partial charge < -0.3 is 5.11 Å². The predicted molar refractivity (Wildman–Crippen MR) is 95.1 cm³/mol. The van der Waals surface area contributed by atoms with E-state index in [1.807, 2.05) is 25.1 Å². The summed E-state index contributed by atoms with van der Waals surface area (Å²) >= 11 is 0. The van der Waals surface area contributed by atoms with Gasteiger partial charge in [0.2, 0.25) is 0 Å². The lowest BCUT2D eigenvalue weighted by Gasteiger charge is -2.27. The van der Waals surface area contributed by atoms with Gasteiger partial charge in [-0.3, -0.25) is 19.5 Å². The minimum atomic E-state index is -0.732. The summed E-state index contributed by atoms with van der Waals surface area (Å²) in [5.41, 5.74) is 2.19. The van der Waals surface area contributed by atoms with E-state index in [1.165, 1.54) is 4.90 Å². The Morgan fingerprint density at radius 3 is 2.44 bits per heavy atom. The maximum atomic E-state index is 12.8. The Hall–Kier alpha value is -2.95. The van der Waals surface area contributed by atoms with Crippen molar-refractivity contribution in [2.75, 3.05) is 4.90 Å². The summed E-state index contributed by atoms with van der Waals surface area (Å²) < 4.78 is 0. The Morgan fingerprint density at radius 2 is 1.84 bits per heavy atom. The quantitative estimate of drug-likeness (QED) is 0.927. The average Bonchev–Trinajstić information content (AvgIpc) is 2.87. The van der Waals surface area contributed by atoms with Crippen molar-refractivity contribution in [3.05, 3.63) is 71.3 Å². The Labute approximate surface area is 146 Å². The second-order valence-corrected chi connectivity index (χ2v) is 6.40. The van der Waals surface area contributed by atoms with E-state index in [1.54, 1.807) is 44.3 Å². The van der Waals surface area contributed by atoms with Crippen LogP contribution in [0.5, 0.6) is 0 Å². The highest BCUT2D eigenvalue weighted by atomic mass is 16.3. The molecule has 2 heterocycles. The first kappa shape index (κ1) is 16.9. The zero-order chi connectivity index (χ0) is 18.1. The monoisotopic (exact) mass is 336 g/mol. The maximum Gasteiger partial charge on any atom is 0.294 e. The van der Waals surface area contributed by atoms with Gasteiger partial charge in [-0.25, -0.2) is 0 Å². The second kappa shape index (κ2) is 6.51. The van der Waals surface area contributed by atoms with E-state index in [2.05, 4.69) is 4.98 Å². The van der Waals surface area contributed by atoms with Crippen LogP contribution in [0.2, 0.25) is 0 Å². The highest BCUT2D eigenvalue weighted by Crippen LogP contribution is 2.41. The number of rotatable bonds is 4. The number of anilines is 1. The van der Waals surface area contributed by atoms with Gasteiger partial charge in [0.15, 0.2) is 11.5 Å². The molecule has 1 amide bonds. The lowest BCUT2D eigenvalue weighted by atomic mass is 9.93. The number of aryl methyl sites for hydroxylation is 1. The van der Waals surface area contributed by atoms with E-state index in [-0.39, 0.29) is 17.3 Å². The number of pyridine rings is 1. The molecule has 1 N–H and O–H groups in total. The van der Waals surface area contributed by atoms with Crippen LogP contribution in [-0.2, 0) is 9.59 Å². The summed E-state index contributed by atoms with van der Waals surface area (Å²) in [6.07, 6.45) is 1.61. The molecule has 5 heteroatoms. The Kier molecular flexibility index (Phi) is 4.40. The molecule has 0 spiro atoms. The third-order valence-corrected chi connectivity index (χ3v) is 4.34. The van der Waals surface area contributed by atoms with Crippen molar-refractivity contribution in [2.45, 2.75) is 26.8 Å². The van der Waals surface area contributed by atoms with Crippen molar-refractivity contribution in [3.8, 4) is 0 Å². The molecule has 128 valence electrons. The number of benzene rings is 1. The Morgan fingerprint density at radius 1 is 1.16 bits per heavy atom. The van der Waals surface area contributed by atoms with E-state index in [9.17, 15) is 14.7 Å². The molecule has 1 aromatic carbocycles. The number of aromatic nitrogens is 1. The maximum absolute atomic E-state index is 12.8. The van der Waals surface area contributed by atoms with Gasteiger partial charge in [0.1, 0.15) is 6.04 Å². The number of carbonyl (C=O) groups is 2. The number of hydrogen-bond donors (Lipinski definition) is 1. The molecule has 1 atom stereocenters. The van der Waals surface area contributed by atoms with Gasteiger partial charge >= 0.3 is 0 Å². The fourth-order valence-electron chi connectivity index (χ4n) is 3.07. The van der Waals surface area contributed by atoms with Crippen molar-refractivity contribution < 1.29 is 14.7 Å². The van der Waals surface area contributed by atoms with Crippen molar-refractivity contribution >= 4 is 17.4 Å². The largest absolute Gasteiger partial charge is 0.503 e. The smallest absolute Gasteiger partial charge is 0.294 e. The van der Waals surface area contributed by atoms with E-state index < -0.39 is 17.7 Å². The first-order valence-corrected chi connectivity index (χ1v) is 8.21. The summed E-state index contributed by atoms with van der Waals surface area (Å²) in [4.78, 5) is 31.3. The number of nitrogens with zero attached hydrogens (tertiary/aromatic N) is 2. The number of carbonyl (C=O) groups excluding carboxylic acids is 2. The summed E-state index contributed by atoms with van der Waals surface area (Å²) in [6.45, 7) is 5.38. The molecule has 25 heavy (non-hydrogen) atoms. The van der Waals surface area contributed by atoms with Crippen molar-refractivity contribution in [2.24, 2.45) is 5.92 Å². The highest BCUT2D eigenvalue weighted by Gasteiger charge is 2.45. The number of aliphatic hydroxyl groups excluding tert-OH is 1. The number of hydrogen-bond acceptors (Lipinski definition) is 4. The van der Waals surface area contributed by atoms with Crippen LogP contribution >= 0.6 is 0 Å². The zero-order valence-electron chi connectivity index (χ0n) is 14.4. The zero-order valence-corrected chi connectivity index (χ0v) is 14.4. The SMILES string of the molecule is Cc1ccccc1N1C(=O)C(O)=C(C(=O)C(C)C)C1c1ccccn1. The number of ketones is 1.